The lowest BCUT2D eigenvalue weighted by Gasteiger charge is -2.24. The molecule has 9 nitrogen and oxygen atoms in total. The number of ether oxygens (including phenoxy) is 2. The number of esters is 2. The molecule has 0 aromatic carbocycles. The van der Waals surface area contributed by atoms with E-state index >= 15 is 0 Å². The van der Waals surface area contributed by atoms with Crippen LogP contribution in [0, 0.1) is 0 Å². The van der Waals surface area contributed by atoms with Gasteiger partial charge in [-0.3, -0.25) is 18.6 Å². The minimum Gasteiger partial charge on any atom is -0.462 e. The molecule has 0 bridgehead atoms. The minimum absolute atomic E-state index is 0.0378. The summed E-state index contributed by atoms with van der Waals surface area (Å²) in [6.45, 7) is 4.54. The van der Waals surface area contributed by atoms with Crippen LogP contribution in [0.4, 0.5) is 0 Å². The van der Waals surface area contributed by atoms with E-state index in [2.05, 4.69) is 13.8 Å². The van der Waals surface area contributed by atoms with Crippen LogP contribution in [0.3, 0.4) is 0 Å². The number of rotatable bonds is 72. The number of phosphoric ester groups is 1. The number of hydrogen-bond donors (Lipinski definition) is 1. The zero-order chi connectivity index (χ0) is 61.2. The molecule has 0 rings (SSSR count). The largest absolute Gasteiger partial charge is 0.472 e. The van der Waals surface area contributed by atoms with Gasteiger partial charge in [0, 0.05) is 12.8 Å². The predicted octanol–water partition coefficient (Wildman–Crippen LogP) is 24.5. The lowest BCUT2D eigenvalue weighted by molar-refractivity contribution is -0.870. The van der Waals surface area contributed by atoms with Gasteiger partial charge in [0.15, 0.2) is 6.10 Å². The molecule has 0 saturated heterocycles. The standard InChI is InChI=1S/C74H148NO8P/c1-6-8-10-12-14-16-18-20-22-24-26-28-30-31-32-33-34-35-36-37-38-39-40-41-42-43-45-47-49-51-53-55-57-59-61-63-65-67-74(77)83-72(71-82-84(78,79)81-69-68-75(3,4)5)70-80-73(76)66-64-62-60-58-56-54-52-50-48-46-44-29-27-25-23-21-19-17-15-13-11-9-7-2/h72H,6-71H2,1-5H3/p+1. The second kappa shape index (κ2) is 66.4. The maximum Gasteiger partial charge on any atom is 0.472 e. The molecule has 0 aromatic heterocycles. The third kappa shape index (κ3) is 70.1. The number of unbranched alkanes of at least 4 members (excludes halogenated alkanes) is 58. The molecule has 0 heterocycles. The Bertz CT molecular complexity index is 1370. The highest BCUT2D eigenvalue weighted by Crippen LogP contribution is 2.43. The van der Waals surface area contributed by atoms with Crippen LogP contribution in [0.2, 0.25) is 0 Å². The molecule has 0 fully saturated rings. The van der Waals surface area contributed by atoms with Crippen molar-refractivity contribution in [1.82, 2.24) is 0 Å². The predicted molar refractivity (Wildman–Crippen MR) is 363 cm³/mol. The van der Waals surface area contributed by atoms with E-state index in [9.17, 15) is 19.0 Å². The van der Waals surface area contributed by atoms with Crippen molar-refractivity contribution in [2.45, 2.75) is 418 Å². The zero-order valence-corrected chi connectivity index (χ0v) is 58.3. The third-order valence-corrected chi connectivity index (χ3v) is 18.6. The Morgan fingerprint density at radius 2 is 0.536 bits per heavy atom. The van der Waals surface area contributed by atoms with Crippen molar-refractivity contribution in [3.05, 3.63) is 0 Å². The zero-order valence-electron chi connectivity index (χ0n) is 57.4. The lowest BCUT2D eigenvalue weighted by atomic mass is 10.0. The van der Waals surface area contributed by atoms with Gasteiger partial charge in [0.1, 0.15) is 19.8 Å². The summed E-state index contributed by atoms with van der Waals surface area (Å²) in [4.78, 5) is 35.9. The van der Waals surface area contributed by atoms with Crippen molar-refractivity contribution >= 4 is 19.8 Å². The van der Waals surface area contributed by atoms with E-state index < -0.39 is 26.5 Å². The monoisotopic (exact) mass is 1210 g/mol. The van der Waals surface area contributed by atoms with Crippen LogP contribution < -0.4 is 0 Å². The van der Waals surface area contributed by atoms with Gasteiger partial charge >= 0.3 is 19.8 Å². The maximum atomic E-state index is 12.9. The molecule has 0 spiro atoms. The summed E-state index contributed by atoms with van der Waals surface area (Å²) < 4.78 is 34.8. The van der Waals surface area contributed by atoms with Gasteiger partial charge in [0.05, 0.1) is 27.7 Å². The van der Waals surface area contributed by atoms with E-state index in [0.29, 0.717) is 17.4 Å². The molecule has 0 amide bonds. The van der Waals surface area contributed by atoms with E-state index in [4.69, 9.17) is 18.5 Å². The first-order valence-corrected chi connectivity index (χ1v) is 39.3. The van der Waals surface area contributed by atoms with Gasteiger partial charge in [0.2, 0.25) is 0 Å². The second-order valence-electron chi connectivity index (χ2n) is 27.4. The summed E-state index contributed by atoms with van der Waals surface area (Å²) in [5, 5.41) is 0. The topological polar surface area (TPSA) is 108 Å². The van der Waals surface area contributed by atoms with E-state index in [-0.39, 0.29) is 25.6 Å². The average molecular weight is 1210 g/mol. The Hall–Kier alpha value is -0.990. The first kappa shape index (κ1) is 83.0. The molecule has 1 N–H and O–H groups in total. The van der Waals surface area contributed by atoms with Crippen LogP contribution in [0.25, 0.3) is 0 Å². The van der Waals surface area contributed by atoms with Gasteiger partial charge in [-0.05, 0) is 12.8 Å². The summed E-state index contributed by atoms with van der Waals surface area (Å²) in [6.07, 6.45) is 81.0. The fourth-order valence-electron chi connectivity index (χ4n) is 11.8. The summed E-state index contributed by atoms with van der Waals surface area (Å²) in [6, 6.07) is 0. The Morgan fingerprint density at radius 3 is 0.762 bits per heavy atom. The van der Waals surface area contributed by atoms with Crippen LogP contribution in [0.1, 0.15) is 412 Å². The number of phosphoric acid groups is 1. The average Bonchev–Trinajstić information content (AvgIpc) is 3.61. The van der Waals surface area contributed by atoms with E-state index in [1.54, 1.807) is 0 Å². The Balaban J connectivity index is 3.88. The van der Waals surface area contributed by atoms with E-state index in [1.165, 1.54) is 347 Å². The maximum absolute atomic E-state index is 12.9. The third-order valence-electron chi connectivity index (χ3n) is 17.6. The number of hydrogen-bond acceptors (Lipinski definition) is 7. The van der Waals surface area contributed by atoms with Crippen molar-refractivity contribution in [2.24, 2.45) is 0 Å². The number of carbonyl (C=O) groups excluding carboxylic acids is 2. The quantitative estimate of drug-likeness (QED) is 0.0278. The first-order chi connectivity index (χ1) is 41.0. The van der Waals surface area contributed by atoms with Gasteiger partial charge in [-0.15, -0.1) is 0 Å². The Kier molecular flexibility index (Phi) is 65.6. The van der Waals surface area contributed by atoms with Crippen molar-refractivity contribution < 1.29 is 42.1 Å². The highest BCUT2D eigenvalue weighted by Gasteiger charge is 2.27. The smallest absolute Gasteiger partial charge is 0.462 e. The number of carbonyl (C=O) groups is 2. The van der Waals surface area contributed by atoms with Crippen molar-refractivity contribution in [3.63, 3.8) is 0 Å². The van der Waals surface area contributed by atoms with Crippen molar-refractivity contribution in [1.29, 1.82) is 0 Å². The molecular formula is C74H149NO8P+. The highest BCUT2D eigenvalue weighted by molar-refractivity contribution is 7.47. The Morgan fingerprint density at radius 1 is 0.321 bits per heavy atom. The van der Waals surface area contributed by atoms with Crippen LogP contribution in [0.15, 0.2) is 0 Å². The molecule has 0 aliphatic carbocycles. The van der Waals surface area contributed by atoms with E-state index in [1.807, 2.05) is 21.1 Å². The molecule has 0 radical (unpaired) electrons. The molecule has 84 heavy (non-hydrogen) atoms. The van der Waals surface area contributed by atoms with Gasteiger partial charge in [-0.2, -0.15) is 0 Å². The molecule has 2 unspecified atom stereocenters. The van der Waals surface area contributed by atoms with Crippen molar-refractivity contribution in [2.75, 3.05) is 47.5 Å². The molecule has 0 aromatic rings. The van der Waals surface area contributed by atoms with Crippen LogP contribution in [0.5, 0.6) is 0 Å². The number of quaternary nitrogens is 1. The van der Waals surface area contributed by atoms with Gasteiger partial charge in [0.25, 0.3) is 0 Å². The molecule has 0 aliphatic rings. The summed E-state index contributed by atoms with van der Waals surface area (Å²) in [7, 11) is 1.51. The highest BCUT2D eigenvalue weighted by atomic mass is 31.2. The lowest BCUT2D eigenvalue weighted by Crippen LogP contribution is -2.37. The molecule has 502 valence electrons. The fraction of sp³-hybridized carbons (Fsp3) is 0.973. The van der Waals surface area contributed by atoms with Crippen LogP contribution in [-0.2, 0) is 32.7 Å². The number of likely N-dealkylation sites (N-methyl/N-ethyl adjacent to an activating group) is 1. The molecule has 10 heteroatoms. The van der Waals surface area contributed by atoms with Crippen molar-refractivity contribution in [3.8, 4) is 0 Å². The first-order valence-electron chi connectivity index (χ1n) is 37.8. The second-order valence-corrected chi connectivity index (χ2v) is 28.9. The van der Waals surface area contributed by atoms with E-state index in [0.717, 1.165) is 38.5 Å². The molecule has 2 atom stereocenters. The normalized spacial score (nSPS) is 13.0. The SMILES string of the molecule is CCCCCCCCCCCCCCCCCCCCCCCCCCCCCCCCCCCCCCCC(=O)OC(COC(=O)CCCCCCCCCCCCCCCCCCCCCCCCC)COP(=O)(O)OCC[N+](C)(C)C. The molecule has 0 saturated carbocycles. The summed E-state index contributed by atoms with van der Waals surface area (Å²) >= 11 is 0. The van der Waals surface area contributed by atoms with Gasteiger partial charge in [-0.25, -0.2) is 4.57 Å². The summed E-state index contributed by atoms with van der Waals surface area (Å²) in [5.74, 6) is -0.766. The molecular weight excluding hydrogens is 1060 g/mol. The fourth-order valence-corrected chi connectivity index (χ4v) is 12.6. The van der Waals surface area contributed by atoms with Gasteiger partial charge in [-0.1, -0.05) is 386 Å². The molecule has 0 aliphatic heterocycles. The minimum atomic E-state index is -4.39. The van der Waals surface area contributed by atoms with Crippen LogP contribution in [-0.4, -0.2) is 74.9 Å². The summed E-state index contributed by atoms with van der Waals surface area (Å²) in [5.41, 5.74) is 0. The Labute approximate surface area is 524 Å². The van der Waals surface area contributed by atoms with Crippen LogP contribution >= 0.6 is 7.82 Å². The number of nitrogens with zero attached hydrogens (tertiary/aromatic N) is 1. The van der Waals surface area contributed by atoms with Gasteiger partial charge < -0.3 is 18.9 Å².